The molecule has 2 rings (SSSR count). The summed E-state index contributed by atoms with van der Waals surface area (Å²) in [6, 6.07) is 5.35. The molecule has 0 spiro atoms. The monoisotopic (exact) mass is 248 g/mol. The lowest BCUT2D eigenvalue weighted by Crippen LogP contribution is -2.00. The molecule has 1 aromatic carbocycles. The maximum atomic E-state index is 5.49. The number of rotatable bonds is 4. The van der Waals surface area contributed by atoms with Crippen LogP contribution in [0.25, 0.3) is 0 Å². The first-order chi connectivity index (χ1) is 8.74. The summed E-state index contributed by atoms with van der Waals surface area (Å²) in [5.41, 5.74) is 6.22. The molecule has 1 aromatic heterocycles. The molecule has 0 aliphatic carbocycles. The summed E-state index contributed by atoms with van der Waals surface area (Å²) < 4.78 is 10.3. The number of anilines is 1. The standard InChI is InChI=1S/C10H12N6O2/c1-17-8-3-4-9(18-2)7(5-8)6-12-16-10(11)13-14-15-16/h3-6H,1-2H3,(H2,11,13,15)/b12-6-. The predicted octanol–water partition coefficient (Wildman–Crippen LogP) is 0.155. The number of hydrogen-bond acceptors (Lipinski definition) is 7. The van der Waals surface area contributed by atoms with Gasteiger partial charge in [0.25, 0.3) is 5.95 Å². The minimum Gasteiger partial charge on any atom is -0.497 e. The third kappa shape index (κ3) is 2.37. The molecule has 0 fully saturated rings. The lowest BCUT2D eigenvalue weighted by molar-refractivity contribution is 0.402. The van der Waals surface area contributed by atoms with Gasteiger partial charge in [-0.15, -0.1) is 0 Å². The van der Waals surface area contributed by atoms with Gasteiger partial charge in [-0.3, -0.25) is 0 Å². The molecule has 0 unspecified atom stereocenters. The number of nitrogen functional groups attached to an aromatic ring is 1. The largest absolute Gasteiger partial charge is 0.497 e. The van der Waals surface area contributed by atoms with Crippen molar-refractivity contribution >= 4 is 12.2 Å². The van der Waals surface area contributed by atoms with Crippen molar-refractivity contribution in [1.29, 1.82) is 0 Å². The molecular formula is C10H12N6O2. The quantitative estimate of drug-likeness (QED) is 0.773. The first kappa shape index (κ1) is 11.8. The minimum absolute atomic E-state index is 0.105. The molecule has 8 nitrogen and oxygen atoms in total. The first-order valence-corrected chi connectivity index (χ1v) is 5.05. The molecule has 0 saturated heterocycles. The van der Waals surface area contributed by atoms with Gasteiger partial charge >= 0.3 is 0 Å². The Labute approximate surface area is 103 Å². The number of methoxy groups -OCH3 is 2. The maximum absolute atomic E-state index is 5.49. The summed E-state index contributed by atoms with van der Waals surface area (Å²) in [6.45, 7) is 0. The average Bonchev–Trinajstić information content (AvgIpc) is 2.81. The van der Waals surface area contributed by atoms with Crippen molar-refractivity contribution in [3.8, 4) is 11.5 Å². The summed E-state index contributed by atoms with van der Waals surface area (Å²) in [6.07, 6.45) is 1.54. The highest BCUT2D eigenvalue weighted by molar-refractivity contribution is 5.84. The highest BCUT2D eigenvalue weighted by Crippen LogP contribution is 2.22. The molecule has 18 heavy (non-hydrogen) atoms. The third-order valence-electron chi connectivity index (χ3n) is 2.22. The van der Waals surface area contributed by atoms with Crippen molar-refractivity contribution in [3.63, 3.8) is 0 Å². The molecule has 0 aliphatic heterocycles. The van der Waals surface area contributed by atoms with Crippen molar-refractivity contribution in [3.05, 3.63) is 23.8 Å². The second-order valence-electron chi connectivity index (χ2n) is 3.28. The van der Waals surface area contributed by atoms with Crippen LogP contribution in [0.3, 0.4) is 0 Å². The SMILES string of the molecule is COc1ccc(OC)c(/C=N\n2nnnc2N)c1. The minimum atomic E-state index is 0.105. The highest BCUT2D eigenvalue weighted by Gasteiger charge is 2.03. The maximum Gasteiger partial charge on any atom is 0.263 e. The predicted molar refractivity (Wildman–Crippen MR) is 64.8 cm³/mol. The fourth-order valence-corrected chi connectivity index (χ4v) is 1.33. The van der Waals surface area contributed by atoms with E-state index < -0.39 is 0 Å². The van der Waals surface area contributed by atoms with Crippen molar-refractivity contribution in [2.45, 2.75) is 0 Å². The van der Waals surface area contributed by atoms with Gasteiger partial charge in [0, 0.05) is 5.56 Å². The number of nitrogens with two attached hydrogens (primary N) is 1. The average molecular weight is 248 g/mol. The first-order valence-electron chi connectivity index (χ1n) is 5.05. The summed E-state index contributed by atoms with van der Waals surface area (Å²) in [4.78, 5) is 1.11. The number of hydrogen-bond donors (Lipinski definition) is 1. The Kier molecular flexibility index (Phi) is 3.37. The number of benzene rings is 1. The van der Waals surface area contributed by atoms with Gasteiger partial charge in [0.1, 0.15) is 11.5 Å². The van der Waals surface area contributed by atoms with Crippen LogP contribution >= 0.6 is 0 Å². The fourth-order valence-electron chi connectivity index (χ4n) is 1.33. The van der Waals surface area contributed by atoms with E-state index in [1.54, 1.807) is 32.4 Å². The topological polar surface area (TPSA) is 100 Å². The molecule has 0 radical (unpaired) electrons. The van der Waals surface area contributed by atoms with Gasteiger partial charge in [-0.25, -0.2) is 0 Å². The van der Waals surface area contributed by atoms with Gasteiger partial charge < -0.3 is 15.2 Å². The molecular weight excluding hydrogens is 236 g/mol. The Balaban J connectivity index is 2.32. The van der Waals surface area contributed by atoms with Crippen LogP contribution in [0.5, 0.6) is 11.5 Å². The molecule has 8 heteroatoms. The Morgan fingerprint density at radius 1 is 1.33 bits per heavy atom. The summed E-state index contributed by atoms with van der Waals surface area (Å²) >= 11 is 0. The van der Waals surface area contributed by atoms with Crippen LogP contribution in [0.4, 0.5) is 5.95 Å². The van der Waals surface area contributed by atoms with E-state index >= 15 is 0 Å². The van der Waals surface area contributed by atoms with E-state index in [0.29, 0.717) is 11.5 Å². The molecule has 2 N–H and O–H groups in total. The zero-order valence-corrected chi connectivity index (χ0v) is 9.94. The normalized spacial score (nSPS) is 10.8. The van der Waals surface area contributed by atoms with Gasteiger partial charge in [-0.1, -0.05) is 9.89 Å². The number of ether oxygens (including phenoxy) is 2. The van der Waals surface area contributed by atoms with Crippen LogP contribution in [0, 0.1) is 0 Å². The van der Waals surface area contributed by atoms with E-state index in [0.717, 1.165) is 10.4 Å². The Morgan fingerprint density at radius 3 is 2.78 bits per heavy atom. The molecule has 0 amide bonds. The van der Waals surface area contributed by atoms with Crippen molar-refractivity contribution in [1.82, 2.24) is 20.3 Å². The van der Waals surface area contributed by atoms with Gasteiger partial charge in [0.2, 0.25) is 0 Å². The summed E-state index contributed by atoms with van der Waals surface area (Å²) in [7, 11) is 3.16. The fraction of sp³-hybridized carbons (Fsp3) is 0.200. The van der Waals surface area contributed by atoms with E-state index in [1.807, 2.05) is 0 Å². The molecule has 2 aromatic rings. The Morgan fingerprint density at radius 2 is 2.17 bits per heavy atom. The Bertz CT molecular complexity index is 565. The molecule has 94 valence electrons. The molecule has 1 heterocycles. The van der Waals surface area contributed by atoms with Crippen LogP contribution in [-0.4, -0.2) is 40.8 Å². The smallest absolute Gasteiger partial charge is 0.263 e. The van der Waals surface area contributed by atoms with E-state index in [-0.39, 0.29) is 5.95 Å². The van der Waals surface area contributed by atoms with Crippen LogP contribution in [0.2, 0.25) is 0 Å². The van der Waals surface area contributed by atoms with Crippen LogP contribution < -0.4 is 15.2 Å². The Hall–Kier alpha value is -2.64. The van der Waals surface area contributed by atoms with Gasteiger partial charge in [-0.05, 0) is 28.6 Å². The van der Waals surface area contributed by atoms with Crippen molar-refractivity contribution in [2.24, 2.45) is 5.10 Å². The highest BCUT2D eigenvalue weighted by atomic mass is 16.5. The number of aromatic nitrogens is 4. The van der Waals surface area contributed by atoms with Crippen LogP contribution in [0.1, 0.15) is 5.56 Å². The third-order valence-corrected chi connectivity index (χ3v) is 2.22. The zero-order valence-electron chi connectivity index (χ0n) is 9.94. The number of nitrogens with zero attached hydrogens (tertiary/aromatic N) is 5. The van der Waals surface area contributed by atoms with Crippen molar-refractivity contribution in [2.75, 3.05) is 20.0 Å². The van der Waals surface area contributed by atoms with Gasteiger partial charge in [0.05, 0.1) is 20.4 Å². The summed E-state index contributed by atoms with van der Waals surface area (Å²) in [5.74, 6) is 1.46. The van der Waals surface area contributed by atoms with Gasteiger partial charge in [0.15, 0.2) is 0 Å². The van der Waals surface area contributed by atoms with E-state index in [1.165, 1.54) is 6.21 Å². The molecule has 0 aliphatic rings. The van der Waals surface area contributed by atoms with Crippen LogP contribution in [-0.2, 0) is 0 Å². The van der Waals surface area contributed by atoms with Crippen LogP contribution in [0.15, 0.2) is 23.3 Å². The zero-order chi connectivity index (χ0) is 13.0. The summed E-state index contributed by atoms with van der Waals surface area (Å²) in [5, 5.41) is 14.5. The lowest BCUT2D eigenvalue weighted by atomic mass is 10.2. The number of tetrazole rings is 1. The van der Waals surface area contributed by atoms with E-state index in [4.69, 9.17) is 15.2 Å². The molecule has 0 saturated carbocycles. The lowest BCUT2D eigenvalue weighted by Gasteiger charge is -2.06. The van der Waals surface area contributed by atoms with E-state index in [2.05, 4.69) is 20.6 Å². The molecule has 0 atom stereocenters. The van der Waals surface area contributed by atoms with Crippen molar-refractivity contribution < 1.29 is 9.47 Å². The van der Waals surface area contributed by atoms with Gasteiger partial charge in [-0.2, -0.15) is 5.10 Å². The second kappa shape index (κ2) is 5.13. The second-order valence-corrected chi connectivity index (χ2v) is 3.28. The molecule has 0 bridgehead atoms. The van der Waals surface area contributed by atoms with E-state index in [9.17, 15) is 0 Å².